The third-order valence-corrected chi connectivity index (χ3v) is 7.54. The molecule has 0 bridgehead atoms. The van der Waals surface area contributed by atoms with E-state index in [1.165, 1.54) is 22.5 Å². The first-order chi connectivity index (χ1) is 13.4. The van der Waals surface area contributed by atoms with Gasteiger partial charge in [0.15, 0.2) is 0 Å². The average Bonchev–Trinajstić information content (AvgIpc) is 2.68. The molecule has 2 aliphatic rings. The quantitative estimate of drug-likeness (QED) is 0.768. The van der Waals surface area contributed by atoms with E-state index < -0.39 is 10.0 Å². The maximum Gasteiger partial charge on any atom is 0.414 e. The van der Waals surface area contributed by atoms with Gasteiger partial charge in [-0.1, -0.05) is 29.8 Å². The fourth-order valence-corrected chi connectivity index (χ4v) is 5.72. The van der Waals surface area contributed by atoms with Crippen LogP contribution in [-0.2, 0) is 21.4 Å². The molecule has 0 unspecified atom stereocenters. The third kappa shape index (κ3) is 3.32. The van der Waals surface area contributed by atoms with Crippen molar-refractivity contribution in [2.45, 2.75) is 30.4 Å². The largest absolute Gasteiger partial charge is 0.444 e. The standard InChI is InChI=1S/C19H20ClN3O4S/c20-16-11-14(21)5-6-18(16)28(25,26)22-9-7-15(8-10-22)23-17-4-2-1-3-13(17)12-27-19(23)24/h1-6,11,15H,7-10,12,21H2. The molecule has 2 aliphatic heterocycles. The van der Waals surface area contributed by atoms with Crippen molar-refractivity contribution in [2.75, 3.05) is 23.7 Å². The number of nitrogens with two attached hydrogens (primary N) is 1. The first kappa shape index (κ1) is 19.0. The second kappa shape index (κ2) is 7.27. The Morgan fingerprint density at radius 3 is 2.54 bits per heavy atom. The van der Waals surface area contributed by atoms with Crippen molar-refractivity contribution < 1.29 is 17.9 Å². The van der Waals surface area contributed by atoms with Crippen molar-refractivity contribution in [3.05, 3.63) is 53.1 Å². The smallest absolute Gasteiger partial charge is 0.414 e. The zero-order valence-corrected chi connectivity index (χ0v) is 16.6. The second-order valence-corrected chi connectivity index (χ2v) is 9.19. The summed E-state index contributed by atoms with van der Waals surface area (Å²) >= 11 is 6.10. The van der Waals surface area contributed by atoms with Crippen molar-refractivity contribution in [2.24, 2.45) is 0 Å². The highest BCUT2D eigenvalue weighted by Crippen LogP contribution is 2.34. The van der Waals surface area contributed by atoms with Gasteiger partial charge in [0.05, 0.1) is 10.7 Å². The molecule has 0 radical (unpaired) electrons. The minimum atomic E-state index is -3.73. The summed E-state index contributed by atoms with van der Waals surface area (Å²) in [4.78, 5) is 14.1. The number of amides is 1. The van der Waals surface area contributed by atoms with E-state index in [4.69, 9.17) is 22.1 Å². The molecule has 1 saturated heterocycles. The van der Waals surface area contributed by atoms with Crippen LogP contribution in [0.25, 0.3) is 0 Å². The van der Waals surface area contributed by atoms with Crippen molar-refractivity contribution in [3.8, 4) is 0 Å². The minimum Gasteiger partial charge on any atom is -0.444 e. The summed E-state index contributed by atoms with van der Waals surface area (Å²) in [6, 6.07) is 11.9. The third-order valence-electron chi connectivity index (χ3n) is 5.16. The van der Waals surface area contributed by atoms with Crippen LogP contribution in [-0.4, -0.2) is 37.9 Å². The number of carbonyl (C=O) groups is 1. The molecule has 2 aromatic carbocycles. The number of fused-ring (bicyclic) bond motifs is 1. The van der Waals surface area contributed by atoms with Gasteiger partial charge in [-0.15, -0.1) is 0 Å². The van der Waals surface area contributed by atoms with Gasteiger partial charge in [0.1, 0.15) is 11.5 Å². The van der Waals surface area contributed by atoms with Crippen molar-refractivity contribution >= 4 is 39.1 Å². The fraction of sp³-hybridized carbons (Fsp3) is 0.316. The molecular formula is C19H20ClN3O4S. The molecule has 2 N–H and O–H groups in total. The second-order valence-electron chi connectivity index (χ2n) is 6.88. The molecule has 9 heteroatoms. The molecule has 2 heterocycles. The Labute approximate surface area is 168 Å². The van der Waals surface area contributed by atoms with Crippen molar-refractivity contribution in [1.29, 1.82) is 0 Å². The van der Waals surface area contributed by atoms with Crippen molar-refractivity contribution in [3.63, 3.8) is 0 Å². The summed E-state index contributed by atoms with van der Waals surface area (Å²) < 4.78 is 32.6. The number of anilines is 2. The van der Waals surface area contributed by atoms with E-state index in [1.54, 1.807) is 4.90 Å². The summed E-state index contributed by atoms with van der Waals surface area (Å²) in [6.45, 7) is 0.841. The molecule has 0 atom stereocenters. The lowest BCUT2D eigenvalue weighted by Gasteiger charge is -2.39. The van der Waals surface area contributed by atoms with Crippen LogP contribution in [0.3, 0.4) is 0 Å². The highest BCUT2D eigenvalue weighted by molar-refractivity contribution is 7.89. The van der Waals surface area contributed by atoms with Gasteiger partial charge in [0.25, 0.3) is 0 Å². The molecule has 148 valence electrons. The average molecular weight is 422 g/mol. The van der Waals surface area contributed by atoms with Gasteiger partial charge in [0.2, 0.25) is 10.0 Å². The maximum atomic E-state index is 13.0. The molecule has 0 spiro atoms. The Kier molecular flexibility index (Phi) is 4.95. The van der Waals surface area contributed by atoms with E-state index in [0.29, 0.717) is 31.6 Å². The number of sulfonamides is 1. The first-order valence-corrected chi connectivity index (χ1v) is 10.8. The minimum absolute atomic E-state index is 0.0459. The molecule has 0 aliphatic carbocycles. The van der Waals surface area contributed by atoms with Crippen LogP contribution in [0.15, 0.2) is 47.4 Å². The number of hydrogen-bond acceptors (Lipinski definition) is 5. The van der Waals surface area contributed by atoms with E-state index in [1.807, 2.05) is 24.3 Å². The monoisotopic (exact) mass is 421 g/mol. The Hall–Kier alpha value is -2.29. The number of rotatable bonds is 3. The van der Waals surface area contributed by atoms with Gasteiger partial charge in [-0.25, -0.2) is 13.2 Å². The van der Waals surface area contributed by atoms with Crippen LogP contribution >= 0.6 is 11.6 Å². The molecule has 1 amide bonds. The molecule has 1 fully saturated rings. The lowest BCUT2D eigenvalue weighted by Crippen LogP contribution is -2.50. The lowest BCUT2D eigenvalue weighted by molar-refractivity contribution is 0.136. The van der Waals surface area contributed by atoms with E-state index in [-0.39, 0.29) is 28.7 Å². The summed E-state index contributed by atoms with van der Waals surface area (Å²) in [7, 11) is -3.73. The summed E-state index contributed by atoms with van der Waals surface area (Å²) in [5, 5.41) is 0.107. The van der Waals surface area contributed by atoms with E-state index in [9.17, 15) is 13.2 Å². The van der Waals surface area contributed by atoms with Crippen LogP contribution < -0.4 is 10.6 Å². The number of halogens is 1. The van der Waals surface area contributed by atoms with Gasteiger partial charge >= 0.3 is 6.09 Å². The SMILES string of the molecule is Nc1ccc(S(=O)(=O)N2CCC(N3C(=O)OCc4ccccc43)CC2)c(Cl)c1. The lowest BCUT2D eigenvalue weighted by atomic mass is 10.0. The highest BCUT2D eigenvalue weighted by Gasteiger charge is 2.37. The van der Waals surface area contributed by atoms with E-state index in [2.05, 4.69) is 0 Å². The number of hydrogen-bond donors (Lipinski definition) is 1. The Bertz CT molecular complexity index is 1020. The molecule has 4 rings (SSSR count). The van der Waals surface area contributed by atoms with Gasteiger partial charge in [-0.2, -0.15) is 4.31 Å². The molecule has 28 heavy (non-hydrogen) atoms. The number of nitrogens with zero attached hydrogens (tertiary/aromatic N) is 2. The van der Waals surface area contributed by atoms with Crippen LogP contribution in [0.4, 0.5) is 16.2 Å². The normalized spacial score (nSPS) is 18.6. The molecule has 0 saturated carbocycles. The maximum absolute atomic E-state index is 13.0. The van der Waals surface area contributed by atoms with E-state index in [0.717, 1.165) is 11.3 Å². The summed E-state index contributed by atoms with van der Waals surface area (Å²) in [5.74, 6) is 0. The number of benzene rings is 2. The van der Waals surface area contributed by atoms with E-state index >= 15 is 0 Å². The van der Waals surface area contributed by atoms with Crippen LogP contribution in [0, 0.1) is 0 Å². The van der Waals surface area contributed by atoms with Crippen molar-refractivity contribution in [1.82, 2.24) is 4.31 Å². The Morgan fingerprint density at radius 2 is 1.82 bits per heavy atom. The molecule has 2 aromatic rings. The summed E-state index contributed by atoms with van der Waals surface area (Å²) in [5.41, 5.74) is 7.85. The summed E-state index contributed by atoms with van der Waals surface area (Å²) in [6.07, 6.45) is 0.631. The zero-order valence-electron chi connectivity index (χ0n) is 15.0. The van der Waals surface area contributed by atoms with Gasteiger partial charge in [-0.3, -0.25) is 4.90 Å². The van der Waals surface area contributed by atoms with Crippen LogP contribution in [0.1, 0.15) is 18.4 Å². The fourth-order valence-electron chi connectivity index (χ4n) is 3.73. The number of ether oxygens (including phenoxy) is 1. The number of piperidine rings is 1. The van der Waals surface area contributed by atoms with Gasteiger partial charge in [0, 0.05) is 30.4 Å². The highest BCUT2D eigenvalue weighted by atomic mass is 35.5. The number of para-hydroxylation sites is 1. The van der Waals surface area contributed by atoms with Crippen LogP contribution in [0.5, 0.6) is 0 Å². The Morgan fingerprint density at radius 1 is 1.11 bits per heavy atom. The van der Waals surface area contributed by atoms with Crippen LogP contribution in [0.2, 0.25) is 5.02 Å². The number of cyclic esters (lactones) is 1. The predicted octanol–water partition coefficient (Wildman–Crippen LogP) is 3.23. The first-order valence-electron chi connectivity index (χ1n) is 8.97. The molecule has 0 aromatic heterocycles. The Balaban J connectivity index is 1.53. The zero-order chi connectivity index (χ0) is 19.9. The predicted molar refractivity (Wildman–Crippen MR) is 107 cm³/mol. The number of nitrogen functional groups attached to an aromatic ring is 1. The number of carbonyl (C=O) groups excluding carboxylic acids is 1. The van der Waals surface area contributed by atoms with Gasteiger partial charge < -0.3 is 10.5 Å². The molecular weight excluding hydrogens is 402 g/mol. The van der Waals surface area contributed by atoms with Gasteiger partial charge in [-0.05, 0) is 37.1 Å². The molecule has 7 nitrogen and oxygen atoms in total. The topological polar surface area (TPSA) is 92.9 Å².